The Morgan fingerprint density at radius 1 is 1.45 bits per heavy atom. The molecule has 1 amide bonds. The highest BCUT2D eigenvalue weighted by molar-refractivity contribution is 5.96. The molecule has 1 fully saturated rings. The Morgan fingerprint density at radius 2 is 2.05 bits per heavy atom. The third kappa shape index (κ3) is 3.03. The van der Waals surface area contributed by atoms with Crippen LogP contribution >= 0.6 is 0 Å². The molecule has 5 nitrogen and oxygen atoms in total. The molecule has 1 aliphatic rings. The fourth-order valence-corrected chi connectivity index (χ4v) is 2.91. The quantitative estimate of drug-likeness (QED) is 0.885. The number of nitrogens with zero attached hydrogens (tertiary/aromatic N) is 2. The fourth-order valence-electron chi connectivity index (χ4n) is 2.91. The van der Waals surface area contributed by atoms with E-state index in [0.717, 1.165) is 37.1 Å². The Morgan fingerprint density at radius 3 is 2.55 bits per heavy atom. The van der Waals surface area contributed by atoms with Crippen molar-refractivity contribution in [2.45, 2.75) is 52.1 Å². The van der Waals surface area contributed by atoms with Crippen LogP contribution in [0.4, 0.5) is 0 Å². The maximum Gasteiger partial charge on any atom is 0.255 e. The third-order valence-corrected chi connectivity index (χ3v) is 4.52. The molecule has 0 atom stereocenters. The summed E-state index contributed by atoms with van der Waals surface area (Å²) < 4.78 is 1.71. The van der Waals surface area contributed by atoms with Crippen LogP contribution in [0, 0.1) is 19.8 Å². The van der Waals surface area contributed by atoms with Gasteiger partial charge in [0.25, 0.3) is 5.91 Å². The van der Waals surface area contributed by atoms with Crippen LogP contribution < -0.4 is 5.32 Å². The first-order valence-corrected chi connectivity index (χ1v) is 7.33. The summed E-state index contributed by atoms with van der Waals surface area (Å²) in [7, 11) is 1.83. The van der Waals surface area contributed by atoms with E-state index in [0.29, 0.717) is 18.0 Å². The second-order valence-corrected chi connectivity index (χ2v) is 6.26. The van der Waals surface area contributed by atoms with Gasteiger partial charge in [-0.1, -0.05) is 6.92 Å². The fraction of sp³-hybridized carbons (Fsp3) is 0.733. The van der Waals surface area contributed by atoms with E-state index in [1.165, 1.54) is 0 Å². The van der Waals surface area contributed by atoms with Crippen molar-refractivity contribution >= 4 is 5.91 Å². The van der Waals surface area contributed by atoms with Crippen LogP contribution in [-0.2, 0) is 7.05 Å². The van der Waals surface area contributed by atoms with Gasteiger partial charge < -0.3 is 10.4 Å². The number of hydrogen-bond acceptors (Lipinski definition) is 3. The molecule has 1 aromatic heterocycles. The molecule has 0 aliphatic heterocycles. The van der Waals surface area contributed by atoms with Crippen LogP contribution in [0.3, 0.4) is 0 Å². The molecule has 0 bridgehead atoms. The van der Waals surface area contributed by atoms with E-state index in [2.05, 4.69) is 17.3 Å². The summed E-state index contributed by atoms with van der Waals surface area (Å²) in [5, 5.41) is 17.6. The summed E-state index contributed by atoms with van der Waals surface area (Å²) >= 11 is 0. The van der Waals surface area contributed by atoms with Crippen LogP contribution in [0.15, 0.2) is 0 Å². The van der Waals surface area contributed by atoms with Gasteiger partial charge in [0.1, 0.15) is 0 Å². The monoisotopic (exact) mass is 279 g/mol. The first-order valence-electron chi connectivity index (χ1n) is 7.33. The lowest BCUT2D eigenvalue weighted by atomic mass is 9.79. The number of amides is 1. The van der Waals surface area contributed by atoms with E-state index >= 15 is 0 Å². The predicted molar refractivity (Wildman–Crippen MR) is 77.6 cm³/mol. The predicted octanol–water partition coefficient (Wildman–Crippen LogP) is 1.71. The average molecular weight is 279 g/mol. The Hall–Kier alpha value is -1.36. The Bertz CT molecular complexity index is 499. The van der Waals surface area contributed by atoms with Crippen LogP contribution in [-0.4, -0.2) is 32.9 Å². The molecular weight excluding hydrogens is 254 g/mol. The Balaban J connectivity index is 1.99. The molecular formula is C15H25N3O2. The van der Waals surface area contributed by atoms with Gasteiger partial charge in [0, 0.05) is 19.3 Å². The third-order valence-electron chi connectivity index (χ3n) is 4.52. The number of rotatable bonds is 3. The molecule has 2 N–H and O–H groups in total. The molecule has 1 aromatic rings. The highest BCUT2D eigenvalue weighted by atomic mass is 16.3. The van der Waals surface area contributed by atoms with Crippen molar-refractivity contribution in [3.8, 4) is 0 Å². The zero-order valence-corrected chi connectivity index (χ0v) is 12.9. The van der Waals surface area contributed by atoms with Crippen LogP contribution in [0.1, 0.15) is 54.4 Å². The molecule has 1 saturated carbocycles. The molecule has 0 aromatic carbocycles. The van der Waals surface area contributed by atoms with Gasteiger partial charge in [-0.3, -0.25) is 9.48 Å². The van der Waals surface area contributed by atoms with Gasteiger partial charge in [-0.25, -0.2) is 0 Å². The normalized spacial score (nSPS) is 26.6. The zero-order valence-electron chi connectivity index (χ0n) is 12.9. The van der Waals surface area contributed by atoms with E-state index < -0.39 is 5.60 Å². The standard InChI is InChI=1S/C15H25N3O2/c1-10-5-7-15(20,8-6-10)9-16-14(19)13-11(2)17-18(4)12(13)3/h10,20H,5-9H2,1-4H3,(H,16,19). The molecule has 0 saturated heterocycles. The van der Waals surface area contributed by atoms with Crippen molar-refractivity contribution in [2.75, 3.05) is 6.54 Å². The number of aliphatic hydroxyl groups is 1. The minimum atomic E-state index is -0.744. The molecule has 20 heavy (non-hydrogen) atoms. The zero-order chi connectivity index (χ0) is 14.9. The molecule has 5 heteroatoms. The van der Waals surface area contributed by atoms with Crippen LogP contribution in [0.2, 0.25) is 0 Å². The lowest BCUT2D eigenvalue weighted by molar-refractivity contribution is -0.00541. The smallest absolute Gasteiger partial charge is 0.255 e. The molecule has 1 heterocycles. The van der Waals surface area contributed by atoms with Crippen molar-refractivity contribution < 1.29 is 9.90 Å². The minimum absolute atomic E-state index is 0.139. The second-order valence-electron chi connectivity index (χ2n) is 6.26. The molecule has 1 aliphatic carbocycles. The van der Waals surface area contributed by atoms with E-state index in [9.17, 15) is 9.90 Å². The summed E-state index contributed by atoms with van der Waals surface area (Å²) in [6, 6.07) is 0. The van der Waals surface area contributed by atoms with Crippen molar-refractivity contribution in [3.05, 3.63) is 17.0 Å². The average Bonchev–Trinajstić information content (AvgIpc) is 2.65. The van der Waals surface area contributed by atoms with Crippen LogP contribution in [0.25, 0.3) is 0 Å². The van der Waals surface area contributed by atoms with Crippen molar-refractivity contribution in [2.24, 2.45) is 13.0 Å². The van der Waals surface area contributed by atoms with Crippen molar-refractivity contribution in [1.82, 2.24) is 15.1 Å². The van der Waals surface area contributed by atoms with Gasteiger partial charge >= 0.3 is 0 Å². The molecule has 0 radical (unpaired) electrons. The number of aromatic nitrogens is 2. The highest BCUT2D eigenvalue weighted by Crippen LogP contribution is 2.31. The van der Waals surface area contributed by atoms with Gasteiger partial charge in [0.15, 0.2) is 0 Å². The maximum atomic E-state index is 12.3. The minimum Gasteiger partial charge on any atom is -0.388 e. The largest absolute Gasteiger partial charge is 0.388 e. The van der Waals surface area contributed by atoms with E-state index in [1.54, 1.807) is 4.68 Å². The maximum absolute atomic E-state index is 12.3. The van der Waals surface area contributed by atoms with Gasteiger partial charge in [-0.05, 0) is 45.4 Å². The Labute approximate surface area is 120 Å². The molecule has 112 valence electrons. The topological polar surface area (TPSA) is 67.2 Å². The first-order chi connectivity index (χ1) is 9.32. The molecule has 0 unspecified atom stereocenters. The SMILES string of the molecule is Cc1nn(C)c(C)c1C(=O)NCC1(O)CCC(C)CC1. The summed E-state index contributed by atoms with van der Waals surface area (Å²) in [6.07, 6.45) is 3.58. The van der Waals surface area contributed by atoms with E-state index in [4.69, 9.17) is 0 Å². The first kappa shape index (κ1) is 15.0. The van der Waals surface area contributed by atoms with Crippen molar-refractivity contribution in [3.63, 3.8) is 0 Å². The number of hydrogen-bond donors (Lipinski definition) is 2. The summed E-state index contributed by atoms with van der Waals surface area (Å²) in [5.74, 6) is 0.536. The molecule has 2 rings (SSSR count). The van der Waals surface area contributed by atoms with Gasteiger partial charge in [0.2, 0.25) is 0 Å². The van der Waals surface area contributed by atoms with Crippen molar-refractivity contribution in [1.29, 1.82) is 0 Å². The number of nitrogens with one attached hydrogen (secondary N) is 1. The van der Waals surface area contributed by atoms with E-state index in [-0.39, 0.29) is 5.91 Å². The number of carbonyl (C=O) groups excluding carboxylic acids is 1. The van der Waals surface area contributed by atoms with E-state index in [1.807, 2.05) is 20.9 Å². The Kier molecular flexibility index (Phi) is 4.18. The summed E-state index contributed by atoms with van der Waals surface area (Å²) in [5.41, 5.74) is 1.46. The summed E-state index contributed by atoms with van der Waals surface area (Å²) in [4.78, 5) is 12.3. The number of aryl methyl sites for hydroxylation is 2. The number of carbonyl (C=O) groups is 1. The highest BCUT2D eigenvalue weighted by Gasteiger charge is 2.32. The lowest BCUT2D eigenvalue weighted by Gasteiger charge is -2.34. The van der Waals surface area contributed by atoms with Gasteiger partial charge in [0.05, 0.1) is 16.9 Å². The van der Waals surface area contributed by atoms with Gasteiger partial charge in [-0.2, -0.15) is 5.10 Å². The molecule has 0 spiro atoms. The summed E-state index contributed by atoms with van der Waals surface area (Å²) in [6.45, 7) is 6.25. The van der Waals surface area contributed by atoms with Crippen LogP contribution in [0.5, 0.6) is 0 Å². The van der Waals surface area contributed by atoms with Gasteiger partial charge in [-0.15, -0.1) is 0 Å². The second kappa shape index (κ2) is 5.56. The lowest BCUT2D eigenvalue weighted by Crippen LogP contribution is -2.45.